The Hall–Kier alpha value is -1.62. The second-order valence-corrected chi connectivity index (χ2v) is 3.82. The molecule has 94 valence electrons. The highest BCUT2D eigenvalue weighted by Crippen LogP contribution is 2.15. The summed E-state index contributed by atoms with van der Waals surface area (Å²) in [4.78, 5) is 15.7. The summed E-state index contributed by atoms with van der Waals surface area (Å²) in [7, 11) is 1.50. The van der Waals surface area contributed by atoms with Crippen LogP contribution in [0.5, 0.6) is 5.75 Å². The quantitative estimate of drug-likeness (QED) is 0.725. The number of rotatable bonds is 6. The van der Waals surface area contributed by atoms with Gasteiger partial charge in [0.25, 0.3) is 5.91 Å². The molecule has 5 nitrogen and oxygen atoms in total. The van der Waals surface area contributed by atoms with E-state index in [1.54, 1.807) is 19.2 Å². The lowest BCUT2D eigenvalue weighted by Crippen LogP contribution is -2.25. The molecule has 0 spiro atoms. The minimum atomic E-state index is -0.331. The Morgan fingerprint density at radius 2 is 2.41 bits per heavy atom. The largest absolute Gasteiger partial charge is 0.494 e. The molecule has 1 amide bonds. The molecule has 1 unspecified atom stereocenters. The molecular formula is C12H18N2O3. The number of hydrogen-bond donors (Lipinski definition) is 2. The van der Waals surface area contributed by atoms with Crippen LogP contribution >= 0.6 is 0 Å². The highest BCUT2D eigenvalue weighted by molar-refractivity contribution is 5.96. The Bertz CT molecular complexity index is 367. The van der Waals surface area contributed by atoms with E-state index >= 15 is 0 Å². The number of aliphatic hydroxyl groups excluding tert-OH is 1. The van der Waals surface area contributed by atoms with Crippen molar-refractivity contribution in [1.29, 1.82) is 0 Å². The predicted molar refractivity (Wildman–Crippen MR) is 64.0 cm³/mol. The zero-order valence-corrected chi connectivity index (χ0v) is 10.1. The van der Waals surface area contributed by atoms with E-state index in [0.29, 0.717) is 24.3 Å². The number of ether oxygens (including phenoxy) is 1. The number of pyridine rings is 1. The molecule has 0 bridgehead atoms. The Morgan fingerprint density at radius 3 is 3.06 bits per heavy atom. The van der Waals surface area contributed by atoms with Crippen LogP contribution in [0, 0.1) is 0 Å². The summed E-state index contributed by atoms with van der Waals surface area (Å²) in [6, 6.07) is 1.61. The van der Waals surface area contributed by atoms with Gasteiger partial charge in [0, 0.05) is 12.7 Å². The van der Waals surface area contributed by atoms with Gasteiger partial charge in [0.05, 0.1) is 25.0 Å². The van der Waals surface area contributed by atoms with Crippen molar-refractivity contribution in [1.82, 2.24) is 10.3 Å². The molecule has 0 aliphatic heterocycles. The summed E-state index contributed by atoms with van der Waals surface area (Å²) >= 11 is 0. The first kappa shape index (κ1) is 13.4. The van der Waals surface area contributed by atoms with Gasteiger partial charge < -0.3 is 15.2 Å². The van der Waals surface area contributed by atoms with E-state index in [9.17, 15) is 4.79 Å². The zero-order chi connectivity index (χ0) is 12.7. The number of nitrogens with one attached hydrogen (secondary N) is 1. The predicted octanol–water partition coefficient (Wildman–Crippen LogP) is 0.981. The number of methoxy groups -OCH3 is 1. The molecular weight excluding hydrogens is 220 g/mol. The number of carbonyl (C=O) groups excluding carboxylic acids is 1. The third-order valence-corrected chi connectivity index (χ3v) is 2.33. The first-order valence-corrected chi connectivity index (χ1v) is 5.59. The van der Waals surface area contributed by atoms with Crippen molar-refractivity contribution in [2.45, 2.75) is 25.9 Å². The van der Waals surface area contributed by atoms with Gasteiger partial charge in [-0.25, -0.2) is 0 Å². The molecule has 2 N–H and O–H groups in total. The van der Waals surface area contributed by atoms with Gasteiger partial charge in [-0.2, -0.15) is 0 Å². The lowest BCUT2D eigenvalue weighted by atomic mass is 10.2. The smallest absolute Gasteiger partial charge is 0.255 e. The number of amides is 1. The van der Waals surface area contributed by atoms with Gasteiger partial charge in [0.1, 0.15) is 5.75 Å². The molecule has 0 aliphatic rings. The minimum absolute atomic E-state index is 0.185. The summed E-state index contributed by atoms with van der Waals surface area (Å²) in [5, 5.41) is 11.8. The molecule has 1 atom stereocenters. The van der Waals surface area contributed by atoms with Crippen molar-refractivity contribution in [2.24, 2.45) is 0 Å². The Morgan fingerprint density at radius 1 is 1.65 bits per heavy atom. The van der Waals surface area contributed by atoms with Crippen LogP contribution < -0.4 is 10.1 Å². The van der Waals surface area contributed by atoms with Crippen LogP contribution in [0.15, 0.2) is 18.5 Å². The first-order chi connectivity index (χ1) is 8.15. The minimum Gasteiger partial charge on any atom is -0.494 e. The fraction of sp³-hybridized carbons (Fsp3) is 0.500. The van der Waals surface area contributed by atoms with E-state index < -0.39 is 0 Å². The number of carbonyl (C=O) groups is 1. The number of nitrogens with zero attached hydrogens (tertiary/aromatic N) is 1. The summed E-state index contributed by atoms with van der Waals surface area (Å²) in [6.45, 7) is 2.27. The maximum atomic E-state index is 11.8. The molecule has 1 rings (SSSR count). The molecule has 0 saturated heterocycles. The lowest BCUT2D eigenvalue weighted by Gasteiger charge is -2.09. The third kappa shape index (κ3) is 4.40. The standard InChI is InChI=1S/C12H18N2O3/c1-9(15)4-3-6-14-12(16)10-5-7-13-8-11(10)17-2/h5,7-9,15H,3-4,6H2,1-2H3,(H,14,16). The Balaban J connectivity index is 2.47. The fourth-order valence-electron chi connectivity index (χ4n) is 1.42. The second-order valence-electron chi connectivity index (χ2n) is 3.82. The average molecular weight is 238 g/mol. The first-order valence-electron chi connectivity index (χ1n) is 5.59. The van der Waals surface area contributed by atoms with Crippen LogP contribution in [0.4, 0.5) is 0 Å². The lowest BCUT2D eigenvalue weighted by molar-refractivity contribution is 0.0946. The van der Waals surface area contributed by atoms with E-state index in [2.05, 4.69) is 10.3 Å². The van der Waals surface area contributed by atoms with Gasteiger partial charge in [-0.1, -0.05) is 0 Å². The molecule has 1 aromatic heterocycles. The van der Waals surface area contributed by atoms with Crippen molar-refractivity contribution in [3.05, 3.63) is 24.0 Å². The highest BCUT2D eigenvalue weighted by atomic mass is 16.5. The van der Waals surface area contributed by atoms with E-state index in [-0.39, 0.29) is 12.0 Å². The third-order valence-electron chi connectivity index (χ3n) is 2.33. The summed E-state index contributed by atoms with van der Waals surface area (Å²) in [5.41, 5.74) is 0.472. The van der Waals surface area contributed by atoms with Gasteiger partial charge in [-0.3, -0.25) is 9.78 Å². The SMILES string of the molecule is COc1cnccc1C(=O)NCCCC(C)O. The zero-order valence-electron chi connectivity index (χ0n) is 10.1. The van der Waals surface area contributed by atoms with E-state index in [0.717, 1.165) is 6.42 Å². The molecule has 0 saturated carbocycles. The van der Waals surface area contributed by atoms with Crippen molar-refractivity contribution in [3.8, 4) is 5.75 Å². The molecule has 0 aliphatic carbocycles. The molecule has 0 aromatic carbocycles. The van der Waals surface area contributed by atoms with Crippen LogP contribution in [0.25, 0.3) is 0 Å². The Labute approximate surface area is 101 Å². The van der Waals surface area contributed by atoms with Crippen LogP contribution in [0.1, 0.15) is 30.1 Å². The summed E-state index contributed by atoms with van der Waals surface area (Å²) < 4.78 is 5.05. The van der Waals surface area contributed by atoms with Crippen LogP contribution in [-0.2, 0) is 0 Å². The van der Waals surface area contributed by atoms with Crippen molar-refractivity contribution >= 4 is 5.91 Å². The highest BCUT2D eigenvalue weighted by Gasteiger charge is 2.10. The average Bonchev–Trinajstić information content (AvgIpc) is 2.34. The van der Waals surface area contributed by atoms with Gasteiger partial charge in [0.2, 0.25) is 0 Å². The number of hydrogen-bond acceptors (Lipinski definition) is 4. The van der Waals surface area contributed by atoms with Crippen LogP contribution in [0.3, 0.4) is 0 Å². The van der Waals surface area contributed by atoms with Crippen molar-refractivity contribution in [2.75, 3.05) is 13.7 Å². The van der Waals surface area contributed by atoms with Gasteiger partial charge in [-0.05, 0) is 25.8 Å². The summed E-state index contributed by atoms with van der Waals surface area (Å²) in [6.07, 6.45) is 4.14. The maximum Gasteiger partial charge on any atom is 0.255 e. The number of aliphatic hydroxyl groups is 1. The van der Waals surface area contributed by atoms with Crippen LogP contribution in [0.2, 0.25) is 0 Å². The Kier molecular flexibility index (Phi) is 5.42. The van der Waals surface area contributed by atoms with Crippen molar-refractivity contribution in [3.63, 3.8) is 0 Å². The van der Waals surface area contributed by atoms with Crippen LogP contribution in [-0.4, -0.2) is 35.8 Å². The summed E-state index contributed by atoms with van der Waals surface area (Å²) in [5.74, 6) is 0.273. The molecule has 5 heteroatoms. The van der Waals surface area contributed by atoms with E-state index in [1.165, 1.54) is 13.3 Å². The topological polar surface area (TPSA) is 71.5 Å². The monoisotopic (exact) mass is 238 g/mol. The second kappa shape index (κ2) is 6.85. The van der Waals surface area contributed by atoms with Crippen molar-refractivity contribution < 1.29 is 14.6 Å². The van der Waals surface area contributed by atoms with E-state index in [1.807, 2.05) is 0 Å². The molecule has 1 heterocycles. The number of aromatic nitrogens is 1. The fourth-order valence-corrected chi connectivity index (χ4v) is 1.42. The maximum absolute atomic E-state index is 11.8. The van der Waals surface area contributed by atoms with Gasteiger partial charge >= 0.3 is 0 Å². The molecule has 0 radical (unpaired) electrons. The van der Waals surface area contributed by atoms with Gasteiger partial charge in [-0.15, -0.1) is 0 Å². The molecule has 0 fully saturated rings. The van der Waals surface area contributed by atoms with E-state index in [4.69, 9.17) is 9.84 Å². The molecule has 1 aromatic rings. The van der Waals surface area contributed by atoms with Gasteiger partial charge in [0.15, 0.2) is 0 Å². The molecule has 17 heavy (non-hydrogen) atoms. The normalized spacial score (nSPS) is 11.9.